The molecular weight excluding hydrogens is 182 g/mol. The van der Waals surface area contributed by atoms with E-state index in [2.05, 4.69) is 0 Å². The molecule has 0 aliphatic carbocycles. The zero-order valence-corrected chi connectivity index (χ0v) is 9.07. The molecule has 0 radical (unpaired) electrons. The van der Waals surface area contributed by atoms with Gasteiger partial charge in [-0.1, -0.05) is 39.8 Å². The van der Waals surface area contributed by atoms with Crippen molar-refractivity contribution in [1.29, 1.82) is 0 Å². The number of rotatable bonds is 2. The van der Waals surface area contributed by atoms with Crippen LogP contribution in [0.3, 0.4) is 0 Å². The Labute approximate surface area is 84.0 Å². The van der Waals surface area contributed by atoms with E-state index in [1.165, 1.54) is 0 Å². The maximum absolute atomic E-state index is 13.5. The molecule has 0 bridgehead atoms. The molecule has 1 rings (SSSR count). The van der Waals surface area contributed by atoms with E-state index < -0.39 is 11.6 Å². The molecule has 0 N–H and O–H groups in total. The Kier molecular flexibility index (Phi) is 3.25. The van der Waals surface area contributed by atoms with Crippen LogP contribution >= 0.6 is 0 Å². The molecule has 0 fully saturated rings. The molecule has 0 nitrogen and oxygen atoms in total. The predicted molar refractivity (Wildman–Crippen MR) is 54.5 cm³/mol. The van der Waals surface area contributed by atoms with Crippen LogP contribution in [0.2, 0.25) is 0 Å². The van der Waals surface area contributed by atoms with Gasteiger partial charge in [-0.3, -0.25) is 0 Å². The fourth-order valence-electron chi connectivity index (χ4n) is 1.47. The highest BCUT2D eigenvalue weighted by atomic mass is 19.2. The molecule has 2 heteroatoms. The Bertz CT molecular complexity index is 294. The molecule has 0 atom stereocenters. The maximum atomic E-state index is 13.5. The van der Waals surface area contributed by atoms with E-state index in [-0.39, 0.29) is 11.8 Å². The van der Waals surface area contributed by atoms with Gasteiger partial charge in [-0.2, -0.15) is 0 Å². The van der Waals surface area contributed by atoms with Crippen LogP contribution in [0.4, 0.5) is 8.78 Å². The Morgan fingerprint density at radius 3 is 1.29 bits per heavy atom. The summed E-state index contributed by atoms with van der Waals surface area (Å²) in [6.45, 7) is 7.42. The van der Waals surface area contributed by atoms with Crippen LogP contribution in [0.25, 0.3) is 0 Å². The maximum Gasteiger partial charge on any atom is 0.162 e. The highest BCUT2D eigenvalue weighted by Gasteiger charge is 2.16. The summed E-state index contributed by atoms with van der Waals surface area (Å²) in [6, 6.07) is 3.36. The van der Waals surface area contributed by atoms with E-state index in [0.717, 1.165) is 0 Å². The highest BCUT2D eigenvalue weighted by molar-refractivity contribution is 5.30. The second-order valence-corrected chi connectivity index (χ2v) is 4.18. The number of benzene rings is 1. The normalized spacial score (nSPS) is 11.4. The Morgan fingerprint density at radius 2 is 1.07 bits per heavy atom. The molecule has 1 aromatic carbocycles. The second-order valence-electron chi connectivity index (χ2n) is 4.18. The average Bonchev–Trinajstić information content (AvgIpc) is 2.08. The highest BCUT2D eigenvalue weighted by Crippen LogP contribution is 2.26. The lowest BCUT2D eigenvalue weighted by molar-refractivity contribution is 0.480. The summed E-state index contributed by atoms with van der Waals surface area (Å²) < 4.78 is 27.0. The summed E-state index contributed by atoms with van der Waals surface area (Å²) in [7, 11) is 0. The van der Waals surface area contributed by atoms with Crippen molar-refractivity contribution in [3.8, 4) is 0 Å². The minimum absolute atomic E-state index is 0.0192. The lowest BCUT2D eigenvalue weighted by Gasteiger charge is -2.12. The molecule has 0 aliphatic heterocycles. The van der Waals surface area contributed by atoms with Crippen molar-refractivity contribution in [1.82, 2.24) is 0 Å². The SMILES string of the molecule is CC(C)c1ccc(C(C)C)c(F)c1F. The smallest absolute Gasteiger partial charge is 0.162 e. The van der Waals surface area contributed by atoms with Crippen LogP contribution in [0.5, 0.6) is 0 Å². The van der Waals surface area contributed by atoms with Crippen LogP contribution in [-0.2, 0) is 0 Å². The zero-order chi connectivity index (χ0) is 10.9. The fraction of sp³-hybridized carbons (Fsp3) is 0.500. The summed E-state index contributed by atoms with van der Waals surface area (Å²) in [5.41, 5.74) is 0.902. The van der Waals surface area contributed by atoms with Gasteiger partial charge in [-0.25, -0.2) is 8.78 Å². The van der Waals surface area contributed by atoms with Gasteiger partial charge in [0.05, 0.1) is 0 Å². The van der Waals surface area contributed by atoms with E-state index in [9.17, 15) is 8.78 Å². The van der Waals surface area contributed by atoms with E-state index >= 15 is 0 Å². The van der Waals surface area contributed by atoms with Crippen molar-refractivity contribution in [2.75, 3.05) is 0 Å². The van der Waals surface area contributed by atoms with Gasteiger partial charge in [0, 0.05) is 0 Å². The summed E-state index contributed by atoms with van der Waals surface area (Å²) in [4.78, 5) is 0. The molecular formula is C12H16F2. The van der Waals surface area contributed by atoms with Crippen molar-refractivity contribution in [3.63, 3.8) is 0 Å². The van der Waals surface area contributed by atoms with E-state index in [1.54, 1.807) is 12.1 Å². The van der Waals surface area contributed by atoms with E-state index in [1.807, 2.05) is 27.7 Å². The topological polar surface area (TPSA) is 0 Å². The third kappa shape index (κ3) is 1.94. The van der Waals surface area contributed by atoms with Gasteiger partial charge in [0.1, 0.15) is 0 Å². The summed E-state index contributed by atoms with van der Waals surface area (Å²) in [5.74, 6) is -1.34. The van der Waals surface area contributed by atoms with Gasteiger partial charge in [0.25, 0.3) is 0 Å². The summed E-state index contributed by atoms with van der Waals surface area (Å²) in [6.07, 6.45) is 0. The molecule has 0 unspecified atom stereocenters. The average molecular weight is 198 g/mol. The Morgan fingerprint density at radius 1 is 0.786 bits per heavy atom. The monoisotopic (exact) mass is 198 g/mol. The molecule has 1 aromatic rings. The molecule has 0 aromatic heterocycles. The van der Waals surface area contributed by atoms with Gasteiger partial charge in [-0.15, -0.1) is 0 Å². The number of halogens is 2. The fourth-order valence-corrected chi connectivity index (χ4v) is 1.47. The van der Waals surface area contributed by atoms with Crippen molar-refractivity contribution >= 4 is 0 Å². The van der Waals surface area contributed by atoms with Gasteiger partial charge in [0.15, 0.2) is 11.6 Å². The first-order chi connectivity index (χ1) is 6.45. The van der Waals surface area contributed by atoms with Crippen molar-refractivity contribution in [2.24, 2.45) is 0 Å². The first-order valence-electron chi connectivity index (χ1n) is 4.93. The van der Waals surface area contributed by atoms with Crippen molar-refractivity contribution in [2.45, 2.75) is 39.5 Å². The van der Waals surface area contributed by atoms with Crippen LogP contribution < -0.4 is 0 Å². The largest absolute Gasteiger partial charge is 0.203 e. The Balaban J connectivity index is 3.26. The molecule has 14 heavy (non-hydrogen) atoms. The third-order valence-electron chi connectivity index (χ3n) is 2.39. The minimum atomic E-state index is -0.689. The van der Waals surface area contributed by atoms with Gasteiger partial charge >= 0.3 is 0 Å². The van der Waals surface area contributed by atoms with Crippen molar-refractivity contribution in [3.05, 3.63) is 34.9 Å². The molecule has 78 valence electrons. The number of hydrogen-bond acceptors (Lipinski definition) is 0. The summed E-state index contributed by atoms with van der Waals surface area (Å²) in [5, 5.41) is 0. The lowest BCUT2D eigenvalue weighted by Crippen LogP contribution is -2.02. The van der Waals surface area contributed by atoms with Gasteiger partial charge in [0.2, 0.25) is 0 Å². The minimum Gasteiger partial charge on any atom is -0.203 e. The number of hydrogen-bond donors (Lipinski definition) is 0. The van der Waals surface area contributed by atoms with Crippen LogP contribution in [0, 0.1) is 11.6 Å². The van der Waals surface area contributed by atoms with Gasteiger partial charge < -0.3 is 0 Å². The molecule has 0 amide bonds. The second kappa shape index (κ2) is 4.07. The van der Waals surface area contributed by atoms with Crippen LogP contribution in [0.15, 0.2) is 12.1 Å². The zero-order valence-electron chi connectivity index (χ0n) is 9.07. The third-order valence-corrected chi connectivity index (χ3v) is 2.39. The quantitative estimate of drug-likeness (QED) is 0.667. The van der Waals surface area contributed by atoms with Crippen molar-refractivity contribution < 1.29 is 8.78 Å². The predicted octanol–water partition coefficient (Wildman–Crippen LogP) is 4.21. The first kappa shape index (κ1) is 11.2. The van der Waals surface area contributed by atoms with Gasteiger partial charge in [-0.05, 0) is 23.0 Å². The molecule has 0 aliphatic rings. The van der Waals surface area contributed by atoms with Crippen LogP contribution in [0.1, 0.15) is 50.7 Å². The van der Waals surface area contributed by atoms with E-state index in [4.69, 9.17) is 0 Å². The molecule has 0 spiro atoms. The van der Waals surface area contributed by atoms with E-state index in [0.29, 0.717) is 11.1 Å². The molecule has 0 saturated carbocycles. The Hall–Kier alpha value is -0.920. The lowest BCUT2D eigenvalue weighted by atomic mass is 9.96. The molecule has 0 heterocycles. The first-order valence-corrected chi connectivity index (χ1v) is 4.93. The summed E-state index contributed by atoms with van der Waals surface area (Å²) >= 11 is 0. The van der Waals surface area contributed by atoms with Crippen LogP contribution in [-0.4, -0.2) is 0 Å². The standard InChI is InChI=1S/C12H16F2/c1-7(2)9-5-6-10(8(3)4)12(14)11(9)13/h5-8H,1-4H3. The molecule has 0 saturated heterocycles.